The molecule has 8 heteroatoms. The van der Waals surface area contributed by atoms with Crippen LogP contribution in [-0.2, 0) is 9.53 Å². The summed E-state index contributed by atoms with van der Waals surface area (Å²) in [4.78, 5) is 21.8. The van der Waals surface area contributed by atoms with Crippen molar-refractivity contribution in [3.8, 4) is 5.75 Å². The lowest BCUT2D eigenvalue weighted by Crippen LogP contribution is -2.26. The molecule has 1 aromatic carbocycles. The first-order valence-corrected chi connectivity index (χ1v) is 6.47. The highest BCUT2D eigenvalue weighted by molar-refractivity contribution is 9.10. The lowest BCUT2D eigenvalue weighted by Gasteiger charge is -2.17. The van der Waals surface area contributed by atoms with Crippen LogP contribution in [0.1, 0.15) is 25.5 Å². The molecular weight excluding hydrogens is 334 g/mol. The minimum absolute atomic E-state index is 0.147. The first-order valence-electron chi connectivity index (χ1n) is 5.68. The molecule has 0 aliphatic heterocycles. The van der Waals surface area contributed by atoms with Crippen molar-refractivity contribution < 1.29 is 24.3 Å². The number of halogens is 1. The molecule has 1 unspecified atom stereocenters. The molecule has 0 saturated carbocycles. The van der Waals surface area contributed by atoms with Gasteiger partial charge in [-0.05, 0) is 19.9 Å². The van der Waals surface area contributed by atoms with E-state index in [4.69, 9.17) is 4.74 Å². The van der Waals surface area contributed by atoms with Crippen LogP contribution in [0.25, 0.3) is 0 Å². The SMILES string of the molecule is COC(=O)C(C)Oc1c([C@H](C)O)cc(Br)cc1[N+](=O)[O-]. The van der Waals surface area contributed by atoms with E-state index in [9.17, 15) is 20.0 Å². The molecule has 0 spiro atoms. The van der Waals surface area contributed by atoms with Gasteiger partial charge in [-0.3, -0.25) is 10.1 Å². The largest absolute Gasteiger partial charge is 0.472 e. The number of carbonyl (C=O) groups is 1. The Balaban J connectivity index is 3.33. The summed E-state index contributed by atoms with van der Waals surface area (Å²) in [5.41, 5.74) is -0.132. The van der Waals surface area contributed by atoms with Gasteiger partial charge in [-0.2, -0.15) is 0 Å². The number of rotatable bonds is 5. The van der Waals surface area contributed by atoms with E-state index in [0.29, 0.717) is 4.47 Å². The Kier molecular flexibility index (Phi) is 5.46. The summed E-state index contributed by atoms with van der Waals surface area (Å²) in [7, 11) is 1.19. The van der Waals surface area contributed by atoms with E-state index in [-0.39, 0.29) is 17.0 Å². The lowest BCUT2D eigenvalue weighted by atomic mass is 10.1. The van der Waals surface area contributed by atoms with Gasteiger partial charge < -0.3 is 14.6 Å². The summed E-state index contributed by atoms with van der Waals surface area (Å²) in [6.45, 7) is 2.85. The van der Waals surface area contributed by atoms with Crippen molar-refractivity contribution >= 4 is 27.6 Å². The number of ether oxygens (including phenoxy) is 2. The molecule has 0 aromatic heterocycles. The van der Waals surface area contributed by atoms with E-state index >= 15 is 0 Å². The Morgan fingerprint density at radius 1 is 1.45 bits per heavy atom. The number of nitro groups is 1. The number of nitro benzene ring substituents is 1. The average molecular weight is 348 g/mol. The molecule has 0 amide bonds. The molecule has 0 heterocycles. The molecule has 1 rings (SSSR count). The zero-order valence-electron chi connectivity index (χ0n) is 11.1. The number of methoxy groups -OCH3 is 1. The first-order chi connectivity index (χ1) is 9.27. The van der Waals surface area contributed by atoms with Gasteiger partial charge >= 0.3 is 11.7 Å². The number of benzene rings is 1. The summed E-state index contributed by atoms with van der Waals surface area (Å²) in [5.74, 6) is -0.815. The standard InChI is InChI=1S/C12H14BrNO6/c1-6(15)9-4-8(13)5-10(14(17)18)11(9)20-7(2)12(16)19-3/h4-7,15H,1-3H3/t6-,7?/m0/s1. The third-order valence-electron chi connectivity index (χ3n) is 2.54. The maximum absolute atomic E-state index is 11.4. The fourth-order valence-electron chi connectivity index (χ4n) is 1.57. The van der Waals surface area contributed by atoms with Gasteiger partial charge in [0.1, 0.15) is 0 Å². The minimum Gasteiger partial charge on any atom is -0.472 e. The van der Waals surface area contributed by atoms with Crippen LogP contribution in [0.15, 0.2) is 16.6 Å². The van der Waals surface area contributed by atoms with E-state index < -0.39 is 23.1 Å². The van der Waals surface area contributed by atoms with E-state index in [1.807, 2.05) is 0 Å². The molecule has 0 bridgehead atoms. The summed E-state index contributed by atoms with van der Waals surface area (Å²) >= 11 is 3.13. The van der Waals surface area contributed by atoms with Crippen molar-refractivity contribution in [3.05, 3.63) is 32.3 Å². The summed E-state index contributed by atoms with van der Waals surface area (Å²) in [6.07, 6.45) is -2.02. The van der Waals surface area contributed by atoms with Crippen molar-refractivity contribution in [1.82, 2.24) is 0 Å². The van der Waals surface area contributed by atoms with Crippen molar-refractivity contribution in [1.29, 1.82) is 0 Å². The number of aliphatic hydroxyl groups excluding tert-OH is 1. The number of hydrogen-bond donors (Lipinski definition) is 1. The normalized spacial score (nSPS) is 13.4. The van der Waals surface area contributed by atoms with Crippen LogP contribution >= 0.6 is 15.9 Å². The van der Waals surface area contributed by atoms with Gasteiger partial charge in [0.25, 0.3) is 0 Å². The monoisotopic (exact) mass is 347 g/mol. The molecule has 1 aromatic rings. The van der Waals surface area contributed by atoms with Crippen LogP contribution < -0.4 is 4.74 Å². The highest BCUT2D eigenvalue weighted by Crippen LogP contribution is 2.38. The number of aliphatic hydroxyl groups is 1. The van der Waals surface area contributed by atoms with E-state index in [1.165, 1.54) is 33.1 Å². The summed E-state index contributed by atoms with van der Waals surface area (Å²) in [5, 5.41) is 20.8. The van der Waals surface area contributed by atoms with Gasteiger partial charge in [-0.15, -0.1) is 0 Å². The Morgan fingerprint density at radius 3 is 2.50 bits per heavy atom. The second-order valence-electron chi connectivity index (χ2n) is 4.06. The highest BCUT2D eigenvalue weighted by Gasteiger charge is 2.27. The van der Waals surface area contributed by atoms with Crippen LogP contribution in [0.2, 0.25) is 0 Å². The van der Waals surface area contributed by atoms with Gasteiger partial charge in [0.2, 0.25) is 5.75 Å². The van der Waals surface area contributed by atoms with E-state index in [2.05, 4.69) is 20.7 Å². The van der Waals surface area contributed by atoms with E-state index in [1.54, 1.807) is 0 Å². The number of hydrogen-bond acceptors (Lipinski definition) is 6. The second-order valence-corrected chi connectivity index (χ2v) is 4.98. The summed E-state index contributed by atoms with van der Waals surface area (Å²) < 4.78 is 10.2. The first kappa shape index (κ1) is 16.4. The van der Waals surface area contributed by atoms with Gasteiger partial charge in [-0.25, -0.2) is 4.79 Å². The Bertz CT molecular complexity index is 531. The molecule has 0 fully saturated rings. The fourth-order valence-corrected chi connectivity index (χ4v) is 2.03. The van der Waals surface area contributed by atoms with Gasteiger partial charge in [-0.1, -0.05) is 15.9 Å². The van der Waals surface area contributed by atoms with Gasteiger partial charge in [0.05, 0.1) is 18.1 Å². The molecule has 0 radical (unpaired) electrons. The lowest BCUT2D eigenvalue weighted by molar-refractivity contribution is -0.386. The fraction of sp³-hybridized carbons (Fsp3) is 0.417. The third kappa shape index (κ3) is 3.67. The molecule has 20 heavy (non-hydrogen) atoms. The maximum Gasteiger partial charge on any atom is 0.346 e. The van der Waals surface area contributed by atoms with Crippen LogP contribution in [0.5, 0.6) is 5.75 Å². The van der Waals surface area contributed by atoms with Crippen molar-refractivity contribution in [2.24, 2.45) is 0 Å². The van der Waals surface area contributed by atoms with Crippen molar-refractivity contribution in [2.45, 2.75) is 26.1 Å². The number of nitrogens with zero attached hydrogens (tertiary/aromatic N) is 1. The topological polar surface area (TPSA) is 98.9 Å². The number of esters is 1. The number of carbonyl (C=O) groups excluding carboxylic acids is 1. The van der Waals surface area contributed by atoms with Crippen LogP contribution in [-0.4, -0.2) is 29.2 Å². The summed E-state index contributed by atoms with van der Waals surface area (Å²) in [6, 6.07) is 2.74. The van der Waals surface area contributed by atoms with Crippen LogP contribution in [0.4, 0.5) is 5.69 Å². The zero-order valence-corrected chi connectivity index (χ0v) is 12.7. The van der Waals surface area contributed by atoms with Crippen LogP contribution in [0.3, 0.4) is 0 Å². The highest BCUT2D eigenvalue weighted by atomic mass is 79.9. The van der Waals surface area contributed by atoms with E-state index in [0.717, 1.165) is 0 Å². The zero-order chi connectivity index (χ0) is 15.4. The molecule has 0 aliphatic rings. The molecule has 7 nitrogen and oxygen atoms in total. The predicted molar refractivity (Wildman–Crippen MR) is 73.5 cm³/mol. The molecule has 2 atom stereocenters. The Morgan fingerprint density at radius 2 is 2.05 bits per heavy atom. The molecule has 0 aliphatic carbocycles. The molecule has 110 valence electrons. The minimum atomic E-state index is -1.03. The van der Waals surface area contributed by atoms with Gasteiger partial charge in [0, 0.05) is 16.1 Å². The smallest absolute Gasteiger partial charge is 0.346 e. The second kappa shape index (κ2) is 6.67. The Labute approximate surface area is 123 Å². The van der Waals surface area contributed by atoms with Crippen molar-refractivity contribution in [3.63, 3.8) is 0 Å². The molecule has 1 N–H and O–H groups in total. The van der Waals surface area contributed by atoms with Crippen molar-refractivity contribution in [2.75, 3.05) is 7.11 Å². The third-order valence-corrected chi connectivity index (χ3v) is 3.00. The van der Waals surface area contributed by atoms with Crippen LogP contribution in [0, 0.1) is 10.1 Å². The predicted octanol–water partition coefficient (Wildman–Crippen LogP) is 2.35. The average Bonchev–Trinajstić information content (AvgIpc) is 2.38. The van der Waals surface area contributed by atoms with Gasteiger partial charge in [0.15, 0.2) is 6.10 Å². The maximum atomic E-state index is 11.4. The molecular formula is C12H14BrNO6. The Hall–Kier alpha value is -1.67. The quantitative estimate of drug-likeness (QED) is 0.498. The molecule has 0 saturated heterocycles.